The number of hydrogen-bond donors (Lipinski definition) is 0. The Hall–Kier alpha value is -2.30. The van der Waals surface area contributed by atoms with Crippen molar-refractivity contribution >= 4 is 23.1 Å². The predicted molar refractivity (Wildman–Crippen MR) is 58.8 cm³/mol. The third-order valence-electron chi connectivity index (χ3n) is 2.04. The molecule has 0 radical (unpaired) electrons. The molecule has 2 aromatic rings. The normalized spacial score (nSPS) is 10.4. The lowest BCUT2D eigenvalue weighted by Gasteiger charge is -2.03. The van der Waals surface area contributed by atoms with Crippen molar-refractivity contribution in [2.75, 3.05) is 6.61 Å². The van der Waals surface area contributed by atoms with Crippen LogP contribution in [0.5, 0.6) is 5.75 Å². The van der Waals surface area contributed by atoms with Crippen LogP contribution < -0.4 is 4.74 Å². The molecule has 17 heavy (non-hydrogen) atoms. The first-order chi connectivity index (χ1) is 8.06. The summed E-state index contributed by atoms with van der Waals surface area (Å²) in [6.07, 6.45) is 0. The standard InChI is InChI=1S/C12H10O5/c1-7(2)12(14)15-6-11(13)17-10-5-8-3-4-9(10)16-8/h3-5H,1,6H2,2H3. The maximum Gasteiger partial charge on any atom is 0.349 e. The number of esters is 2. The second-order valence-electron chi connectivity index (χ2n) is 3.54. The Morgan fingerprint density at radius 2 is 2.18 bits per heavy atom. The van der Waals surface area contributed by atoms with Gasteiger partial charge < -0.3 is 13.9 Å². The van der Waals surface area contributed by atoms with E-state index in [9.17, 15) is 9.59 Å². The van der Waals surface area contributed by atoms with Crippen LogP contribution in [-0.2, 0) is 14.3 Å². The zero-order valence-corrected chi connectivity index (χ0v) is 9.19. The van der Waals surface area contributed by atoms with E-state index in [2.05, 4.69) is 11.3 Å². The van der Waals surface area contributed by atoms with Crippen molar-refractivity contribution in [3.63, 3.8) is 0 Å². The zero-order valence-electron chi connectivity index (χ0n) is 9.19. The summed E-state index contributed by atoms with van der Waals surface area (Å²) in [4.78, 5) is 22.4. The average molecular weight is 234 g/mol. The van der Waals surface area contributed by atoms with Crippen LogP contribution in [0.25, 0.3) is 11.2 Å². The molecular weight excluding hydrogens is 224 g/mol. The summed E-state index contributed by atoms with van der Waals surface area (Å²) in [5.74, 6) is -0.954. The van der Waals surface area contributed by atoms with Gasteiger partial charge in [0.15, 0.2) is 17.9 Å². The first-order valence-corrected chi connectivity index (χ1v) is 4.91. The van der Waals surface area contributed by atoms with Crippen LogP contribution in [0.2, 0.25) is 0 Å². The third kappa shape index (κ3) is 2.44. The maximum absolute atomic E-state index is 11.3. The molecule has 0 aliphatic rings. The summed E-state index contributed by atoms with van der Waals surface area (Å²) in [6, 6.07) is 5.04. The fourth-order valence-electron chi connectivity index (χ4n) is 1.24. The van der Waals surface area contributed by atoms with Crippen molar-refractivity contribution in [2.24, 2.45) is 0 Å². The van der Waals surface area contributed by atoms with Crippen LogP contribution in [0.1, 0.15) is 6.92 Å². The van der Waals surface area contributed by atoms with Gasteiger partial charge in [-0.15, -0.1) is 0 Å². The molecule has 0 amide bonds. The SMILES string of the molecule is C=C(C)C(=O)OCC(=O)Oc1cc2ccc1o2. The Bertz CT molecular complexity index is 566. The molecule has 0 spiro atoms. The van der Waals surface area contributed by atoms with Gasteiger partial charge in [0.25, 0.3) is 0 Å². The molecule has 88 valence electrons. The van der Waals surface area contributed by atoms with Gasteiger partial charge in [0.05, 0.1) is 0 Å². The molecule has 2 bridgehead atoms. The van der Waals surface area contributed by atoms with Gasteiger partial charge in [-0.1, -0.05) is 6.58 Å². The van der Waals surface area contributed by atoms with E-state index in [-0.39, 0.29) is 5.57 Å². The van der Waals surface area contributed by atoms with Gasteiger partial charge in [0, 0.05) is 11.6 Å². The molecule has 0 aliphatic heterocycles. The van der Waals surface area contributed by atoms with Crippen molar-refractivity contribution < 1.29 is 23.5 Å². The van der Waals surface area contributed by atoms with E-state index in [0.29, 0.717) is 16.9 Å². The minimum Gasteiger partial charge on any atom is -0.453 e. The highest BCUT2D eigenvalue weighted by Gasteiger charge is 2.14. The predicted octanol–water partition coefficient (Wildman–Crippen LogP) is 1.90. The molecule has 0 N–H and O–H groups in total. The smallest absolute Gasteiger partial charge is 0.349 e. The molecule has 2 heterocycles. The minimum atomic E-state index is -0.663. The molecule has 5 nitrogen and oxygen atoms in total. The van der Waals surface area contributed by atoms with Gasteiger partial charge in [0.2, 0.25) is 0 Å². The van der Waals surface area contributed by atoms with E-state index in [1.807, 2.05) is 0 Å². The molecule has 0 aliphatic carbocycles. The third-order valence-corrected chi connectivity index (χ3v) is 2.04. The van der Waals surface area contributed by atoms with Gasteiger partial charge >= 0.3 is 11.9 Å². The molecule has 0 unspecified atom stereocenters. The van der Waals surface area contributed by atoms with E-state index >= 15 is 0 Å². The van der Waals surface area contributed by atoms with Crippen LogP contribution in [0.3, 0.4) is 0 Å². The van der Waals surface area contributed by atoms with E-state index in [0.717, 1.165) is 0 Å². The van der Waals surface area contributed by atoms with Crippen LogP contribution in [0, 0.1) is 0 Å². The van der Waals surface area contributed by atoms with E-state index in [4.69, 9.17) is 9.15 Å². The molecule has 2 aromatic heterocycles. The summed E-state index contributed by atoms with van der Waals surface area (Å²) in [6.45, 7) is 4.44. The highest BCUT2D eigenvalue weighted by atomic mass is 16.6. The van der Waals surface area contributed by atoms with Gasteiger partial charge in [-0.05, 0) is 19.1 Å². The molecule has 0 atom stereocenters. The van der Waals surface area contributed by atoms with Gasteiger partial charge in [-0.3, -0.25) is 0 Å². The summed E-state index contributed by atoms with van der Waals surface area (Å²) in [5, 5.41) is 0. The summed E-state index contributed by atoms with van der Waals surface area (Å²) in [5.41, 5.74) is 1.34. The molecule has 0 saturated heterocycles. The van der Waals surface area contributed by atoms with E-state index < -0.39 is 18.5 Å². The molecule has 0 aromatic carbocycles. The number of carbonyl (C=O) groups is 2. The monoisotopic (exact) mass is 234 g/mol. The first-order valence-electron chi connectivity index (χ1n) is 4.91. The lowest BCUT2D eigenvalue weighted by atomic mass is 10.3. The number of carbonyl (C=O) groups excluding carboxylic acids is 2. The Morgan fingerprint density at radius 3 is 2.71 bits per heavy atom. The number of furan rings is 2. The fourth-order valence-corrected chi connectivity index (χ4v) is 1.24. The second kappa shape index (κ2) is 4.29. The quantitative estimate of drug-likeness (QED) is 0.459. The minimum absolute atomic E-state index is 0.230. The first kappa shape index (κ1) is 11.2. The van der Waals surface area contributed by atoms with Crippen molar-refractivity contribution in [3.05, 3.63) is 30.4 Å². The molecule has 0 fully saturated rings. The molecule has 5 heteroatoms. The Morgan fingerprint density at radius 1 is 1.41 bits per heavy atom. The van der Waals surface area contributed by atoms with Gasteiger partial charge in [-0.25, -0.2) is 9.59 Å². The highest BCUT2D eigenvalue weighted by Crippen LogP contribution is 2.28. The van der Waals surface area contributed by atoms with Gasteiger partial charge in [0.1, 0.15) is 5.58 Å². The van der Waals surface area contributed by atoms with Crippen molar-refractivity contribution in [3.8, 4) is 5.75 Å². The Balaban J connectivity index is 1.87. The summed E-state index contributed by atoms with van der Waals surface area (Å²) < 4.78 is 14.8. The summed E-state index contributed by atoms with van der Waals surface area (Å²) >= 11 is 0. The van der Waals surface area contributed by atoms with Crippen LogP contribution in [0.15, 0.2) is 34.8 Å². The van der Waals surface area contributed by atoms with Crippen LogP contribution in [0.4, 0.5) is 0 Å². The lowest BCUT2D eigenvalue weighted by molar-refractivity contribution is -0.150. The topological polar surface area (TPSA) is 65.7 Å². The van der Waals surface area contributed by atoms with E-state index in [1.165, 1.54) is 6.92 Å². The average Bonchev–Trinajstić information content (AvgIpc) is 2.87. The molecular formula is C12H10O5. The fraction of sp³-hybridized carbons (Fsp3) is 0.167. The Kier molecular flexibility index (Phi) is 2.82. The second-order valence-corrected chi connectivity index (χ2v) is 3.54. The van der Waals surface area contributed by atoms with Crippen molar-refractivity contribution in [2.45, 2.75) is 6.92 Å². The van der Waals surface area contributed by atoms with Crippen molar-refractivity contribution in [1.29, 1.82) is 0 Å². The highest BCUT2D eigenvalue weighted by molar-refractivity contribution is 5.89. The van der Waals surface area contributed by atoms with Crippen LogP contribution in [-0.4, -0.2) is 18.5 Å². The number of rotatable bonds is 4. The summed E-state index contributed by atoms with van der Waals surface area (Å²) in [7, 11) is 0. The maximum atomic E-state index is 11.3. The number of fused-ring (bicyclic) bond motifs is 2. The largest absolute Gasteiger partial charge is 0.453 e. The van der Waals surface area contributed by atoms with E-state index in [1.54, 1.807) is 18.2 Å². The lowest BCUT2D eigenvalue weighted by Crippen LogP contribution is -2.18. The zero-order chi connectivity index (χ0) is 12.4. The van der Waals surface area contributed by atoms with Gasteiger partial charge in [-0.2, -0.15) is 0 Å². The number of benzene rings is 1. The number of ether oxygens (including phenoxy) is 2. The van der Waals surface area contributed by atoms with Crippen molar-refractivity contribution in [1.82, 2.24) is 0 Å². The molecule has 2 rings (SSSR count). The Labute approximate surface area is 96.9 Å². The van der Waals surface area contributed by atoms with Crippen LogP contribution >= 0.6 is 0 Å². The molecule has 0 saturated carbocycles. The number of hydrogen-bond acceptors (Lipinski definition) is 5.